The van der Waals surface area contributed by atoms with Crippen molar-refractivity contribution in [2.45, 2.75) is 38.3 Å². The van der Waals surface area contributed by atoms with Crippen LogP contribution in [0, 0.1) is 12.8 Å². The summed E-state index contributed by atoms with van der Waals surface area (Å²) in [5.74, 6) is -0.357. The number of urea groups is 2. The van der Waals surface area contributed by atoms with Crippen LogP contribution in [-0.4, -0.2) is 30.1 Å². The van der Waals surface area contributed by atoms with Gasteiger partial charge >= 0.3 is 12.1 Å². The number of carbonyl (C=O) groups is 3. The molecule has 1 saturated heterocycles. The highest BCUT2D eigenvalue weighted by molar-refractivity contribution is 7.10. The van der Waals surface area contributed by atoms with E-state index in [1.807, 2.05) is 18.4 Å². The zero-order valence-corrected chi connectivity index (χ0v) is 13.7. The molecule has 1 aromatic heterocycles. The lowest BCUT2D eigenvalue weighted by Crippen LogP contribution is -2.53. The molecular weight excluding hydrogens is 316 g/mol. The topological polar surface area (TPSA) is 99.3 Å². The van der Waals surface area contributed by atoms with Gasteiger partial charge in [-0.1, -0.05) is 6.42 Å². The van der Waals surface area contributed by atoms with Gasteiger partial charge in [-0.15, -0.1) is 11.3 Å². The van der Waals surface area contributed by atoms with Crippen LogP contribution in [-0.2, 0) is 11.3 Å². The SMILES string of the molecule is Cc1csc(CNC(=O)NCC2CCCC23NC(=O)NC3=O)c1. The van der Waals surface area contributed by atoms with Gasteiger partial charge < -0.3 is 16.0 Å². The van der Waals surface area contributed by atoms with Crippen molar-refractivity contribution in [3.05, 3.63) is 21.9 Å². The molecule has 0 radical (unpaired) electrons. The lowest BCUT2D eigenvalue weighted by atomic mass is 9.87. The van der Waals surface area contributed by atoms with E-state index >= 15 is 0 Å². The number of aryl methyl sites for hydroxylation is 1. The maximum absolute atomic E-state index is 12.1. The quantitative estimate of drug-likeness (QED) is 0.622. The molecule has 2 unspecified atom stereocenters. The molecule has 7 nitrogen and oxygen atoms in total. The second-order valence-electron chi connectivity index (χ2n) is 6.12. The number of hydrogen-bond donors (Lipinski definition) is 4. The molecule has 2 fully saturated rings. The fourth-order valence-electron chi connectivity index (χ4n) is 3.35. The molecular formula is C15H20N4O3S. The number of nitrogens with one attached hydrogen (secondary N) is 4. The van der Waals surface area contributed by atoms with Gasteiger partial charge in [0.05, 0.1) is 6.54 Å². The zero-order chi connectivity index (χ0) is 16.4. The minimum absolute atomic E-state index is 0.0799. The molecule has 0 bridgehead atoms. The number of amides is 5. The first kappa shape index (κ1) is 15.8. The highest BCUT2D eigenvalue weighted by Crippen LogP contribution is 2.37. The number of rotatable bonds is 4. The summed E-state index contributed by atoms with van der Waals surface area (Å²) in [5.41, 5.74) is 0.331. The number of thiophene rings is 1. The lowest BCUT2D eigenvalue weighted by molar-refractivity contribution is -0.125. The monoisotopic (exact) mass is 336 g/mol. The largest absolute Gasteiger partial charge is 0.338 e. The Hall–Kier alpha value is -2.09. The van der Waals surface area contributed by atoms with Crippen LogP contribution < -0.4 is 21.3 Å². The molecule has 2 aliphatic rings. The van der Waals surface area contributed by atoms with Crippen molar-refractivity contribution in [3.63, 3.8) is 0 Å². The van der Waals surface area contributed by atoms with Crippen LogP contribution in [0.4, 0.5) is 9.59 Å². The van der Waals surface area contributed by atoms with Gasteiger partial charge in [-0.25, -0.2) is 9.59 Å². The van der Waals surface area contributed by atoms with Crippen molar-refractivity contribution in [1.29, 1.82) is 0 Å². The minimum atomic E-state index is -0.852. The Morgan fingerprint density at radius 3 is 2.91 bits per heavy atom. The van der Waals surface area contributed by atoms with Crippen LogP contribution in [0.2, 0.25) is 0 Å². The van der Waals surface area contributed by atoms with Crippen LogP contribution in [0.15, 0.2) is 11.4 Å². The van der Waals surface area contributed by atoms with E-state index in [0.29, 0.717) is 19.5 Å². The van der Waals surface area contributed by atoms with E-state index in [9.17, 15) is 14.4 Å². The first-order chi connectivity index (χ1) is 11.0. The summed E-state index contributed by atoms with van der Waals surface area (Å²) in [6, 6.07) is 1.33. The molecule has 1 spiro atoms. The van der Waals surface area contributed by atoms with Gasteiger partial charge in [-0.2, -0.15) is 0 Å². The van der Waals surface area contributed by atoms with Crippen LogP contribution in [0.3, 0.4) is 0 Å². The molecule has 1 aliphatic carbocycles. The predicted molar refractivity (Wildman–Crippen MR) is 86.0 cm³/mol. The Kier molecular flexibility index (Phi) is 4.25. The van der Waals surface area contributed by atoms with E-state index in [0.717, 1.165) is 17.7 Å². The molecule has 3 rings (SSSR count). The third-order valence-corrected chi connectivity index (χ3v) is 5.56. The highest BCUT2D eigenvalue weighted by atomic mass is 32.1. The van der Waals surface area contributed by atoms with E-state index in [2.05, 4.69) is 21.3 Å². The maximum Gasteiger partial charge on any atom is 0.322 e. The van der Waals surface area contributed by atoms with E-state index < -0.39 is 11.6 Å². The average Bonchev–Trinajstić information content (AvgIpc) is 3.16. The molecule has 23 heavy (non-hydrogen) atoms. The highest BCUT2D eigenvalue weighted by Gasteiger charge is 2.54. The number of imide groups is 1. The van der Waals surface area contributed by atoms with Gasteiger partial charge in [0, 0.05) is 17.3 Å². The summed E-state index contributed by atoms with van der Waals surface area (Å²) in [6.07, 6.45) is 2.28. The third kappa shape index (κ3) is 3.17. The Balaban J connectivity index is 1.50. The second-order valence-corrected chi connectivity index (χ2v) is 7.12. The number of carbonyl (C=O) groups excluding carboxylic acids is 3. The van der Waals surface area contributed by atoms with Crippen molar-refractivity contribution in [2.75, 3.05) is 6.54 Å². The molecule has 4 N–H and O–H groups in total. The maximum atomic E-state index is 12.1. The second kappa shape index (κ2) is 6.19. The molecule has 8 heteroatoms. The van der Waals surface area contributed by atoms with E-state index in [-0.39, 0.29) is 17.9 Å². The standard InChI is InChI=1S/C15H20N4O3S/c1-9-5-11(23-8-9)7-17-13(21)16-6-10-3-2-4-15(10)12(20)18-14(22)19-15/h5,8,10H,2-4,6-7H2,1H3,(H2,16,17,21)(H2,18,19,20,22). The zero-order valence-electron chi connectivity index (χ0n) is 12.9. The van der Waals surface area contributed by atoms with Crippen LogP contribution in [0.5, 0.6) is 0 Å². The van der Waals surface area contributed by atoms with Crippen molar-refractivity contribution in [3.8, 4) is 0 Å². The summed E-state index contributed by atoms with van der Waals surface area (Å²) in [4.78, 5) is 36.5. The fourth-order valence-corrected chi connectivity index (χ4v) is 4.17. The van der Waals surface area contributed by atoms with E-state index in [1.165, 1.54) is 5.56 Å². The summed E-state index contributed by atoms with van der Waals surface area (Å²) >= 11 is 1.61. The fraction of sp³-hybridized carbons (Fsp3) is 0.533. The van der Waals surface area contributed by atoms with Gasteiger partial charge in [-0.3, -0.25) is 10.1 Å². The molecule has 2 atom stereocenters. The first-order valence-electron chi connectivity index (χ1n) is 7.69. The van der Waals surface area contributed by atoms with E-state index in [4.69, 9.17) is 0 Å². The molecule has 2 heterocycles. The van der Waals surface area contributed by atoms with Crippen molar-refractivity contribution in [2.24, 2.45) is 5.92 Å². The predicted octanol–water partition coefficient (Wildman–Crippen LogP) is 1.23. The third-order valence-electron chi connectivity index (χ3n) is 4.51. The van der Waals surface area contributed by atoms with Crippen LogP contribution >= 0.6 is 11.3 Å². The summed E-state index contributed by atoms with van der Waals surface area (Å²) in [6.45, 7) is 2.86. The summed E-state index contributed by atoms with van der Waals surface area (Å²) in [5, 5.41) is 12.7. The molecule has 1 aliphatic heterocycles. The van der Waals surface area contributed by atoms with Gasteiger partial charge in [0.25, 0.3) is 5.91 Å². The minimum Gasteiger partial charge on any atom is -0.338 e. The lowest BCUT2D eigenvalue weighted by Gasteiger charge is -2.28. The summed E-state index contributed by atoms with van der Waals surface area (Å²) < 4.78 is 0. The van der Waals surface area contributed by atoms with E-state index in [1.54, 1.807) is 11.3 Å². The van der Waals surface area contributed by atoms with Crippen LogP contribution in [0.1, 0.15) is 29.7 Å². The average molecular weight is 336 g/mol. The first-order valence-corrected chi connectivity index (χ1v) is 8.57. The Morgan fingerprint density at radius 2 is 2.26 bits per heavy atom. The Bertz CT molecular complexity index is 644. The van der Waals surface area contributed by atoms with Crippen LogP contribution in [0.25, 0.3) is 0 Å². The number of hydrogen-bond acceptors (Lipinski definition) is 4. The van der Waals surface area contributed by atoms with Gasteiger partial charge in [0.2, 0.25) is 0 Å². The molecule has 124 valence electrons. The molecule has 0 aromatic carbocycles. The molecule has 1 aromatic rings. The van der Waals surface area contributed by atoms with Crippen molar-refractivity contribution < 1.29 is 14.4 Å². The van der Waals surface area contributed by atoms with Gasteiger partial charge in [0.15, 0.2) is 0 Å². The Morgan fingerprint density at radius 1 is 1.43 bits per heavy atom. The van der Waals surface area contributed by atoms with Crippen molar-refractivity contribution >= 4 is 29.3 Å². The summed E-state index contributed by atoms with van der Waals surface area (Å²) in [7, 11) is 0. The molecule has 5 amide bonds. The Labute approximate surface area is 138 Å². The van der Waals surface area contributed by atoms with Crippen molar-refractivity contribution in [1.82, 2.24) is 21.3 Å². The smallest absolute Gasteiger partial charge is 0.322 e. The normalized spacial score (nSPS) is 26.2. The van der Waals surface area contributed by atoms with Gasteiger partial charge in [0.1, 0.15) is 5.54 Å². The van der Waals surface area contributed by atoms with Gasteiger partial charge in [-0.05, 0) is 36.8 Å². The molecule has 1 saturated carbocycles.